The number of carboxylic acids is 1. The van der Waals surface area contributed by atoms with Crippen LogP contribution in [-0.2, 0) is 6.54 Å². The van der Waals surface area contributed by atoms with Gasteiger partial charge < -0.3 is 14.9 Å². The Balaban J connectivity index is 2.68. The van der Waals surface area contributed by atoms with E-state index in [-0.39, 0.29) is 17.6 Å². The molecule has 0 aromatic heterocycles. The van der Waals surface area contributed by atoms with Gasteiger partial charge in [0, 0.05) is 26.7 Å². The number of aromatic carboxylic acids is 1. The van der Waals surface area contributed by atoms with Crippen molar-refractivity contribution < 1.29 is 14.7 Å². The van der Waals surface area contributed by atoms with E-state index >= 15 is 0 Å². The normalized spacial score (nSPS) is 11.8. The van der Waals surface area contributed by atoms with E-state index in [1.807, 2.05) is 13.8 Å². The molecule has 5 nitrogen and oxygen atoms in total. The maximum absolute atomic E-state index is 12.2. The van der Waals surface area contributed by atoms with Crippen LogP contribution < -0.4 is 0 Å². The molecule has 2 amide bonds. The van der Waals surface area contributed by atoms with E-state index in [2.05, 4.69) is 0 Å². The van der Waals surface area contributed by atoms with Crippen molar-refractivity contribution in [1.29, 1.82) is 0 Å². The fourth-order valence-corrected chi connectivity index (χ4v) is 1.83. The minimum absolute atomic E-state index is 0.0401. The predicted octanol–water partition coefficient (Wildman–Crippen LogP) is 2.67. The summed E-state index contributed by atoms with van der Waals surface area (Å²) in [5, 5.41) is 8.84. The summed E-state index contributed by atoms with van der Waals surface area (Å²) >= 11 is 0. The number of carbonyl (C=O) groups excluding carboxylic acids is 1. The van der Waals surface area contributed by atoms with Gasteiger partial charge in [0.2, 0.25) is 0 Å². The monoisotopic (exact) mass is 278 g/mol. The van der Waals surface area contributed by atoms with Gasteiger partial charge in [-0.1, -0.05) is 19.1 Å². The van der Waals surface area contributed by atoms with Crippen molar-refractivity contribution in [2.45, 2.75) is 32.9 Å². The molecule has 1 aromatic rings. The van der Waals surface area contributed by atoms with Gasteiger partial charge in [-0.3, -0.25) is 0 Å². The maximum Gasteiger partial charge on any atom is 0.335 e. The fraction of sp³-hybridized carbons (Fsp3) is 0.467. The van der Waals surface area contributed by atoms with Crippen LogP contribution in [0.25, 0.3) is 0 Å². The van der Waals surface area contributed by atoms with Crippen molar-refractivity contribution in [3.8, 4) is 0 Å². The minimum Gasteiger partial charge on any atom is -0.478 e. The molecule has 1 aromatic carbocycles. The highest BCUT2D eigenvalue weighted by Crippen LogP contribution is 2.10. The second-order valence-corrected chi connectivity index (χ2v) is 5.01. The van der Waals surface area contributed by atoms with Crippen LogP contribution >= 0.6 is 0 Å². The van der Waals surface area contributed by atoms with E-state index in [4.69, 9.17) is 5.11 Å². The maximum atomic E-state index is 12.2. The number of carboxylic acid groups (broad SMARTS) is 1. The smallest absolute Gasteiger partial charge is 0.335 e. The first-order chi connectivity index (χ1) is 9.36. The molecule has 0 saturated heterocycles. The largest absolute Gasteiger partial charge is 0.478 e. The van der Waals surface area contributed by atoms with Crippen LogP contribution in [0.1, 0.15) is 36.2 Å². The van der Waals surface area contributed by atoms with E-state index in [0.29, 0.717) is 6.54 Å². The summed E-state index contributed by atoms with van der Waals surface area (Å²) in [6.45, 7) is 4.51. The van der Waals surface area contributed by atoms with Crippen molar-refractivity contribution in [3.63, 3.8) is 0 Å². The van der Waals surface area contributed by atoms with Gasteiger partial charge >= 0.3 is 12.0 Å². The summed E-state index contributed by atoms with van der Waals surface area (Å²) in [7, 11) is 3.53. The Labute approximate surface area is 119 Å². The number of nitrogens with zero attached hydrogens (tertiary/aromatic N) is 2. The first-order valence-corrected chi connectivity index (χ1v) is 6.67. The van der Waals surface area contributed by atoms with E-state index in [1.165, 1.54) is 0 Å². The summed E-state index contributed by atoms with van der Waals surface area (Å²) < 4.78 is 0. The molecule has 0 aliphatic carbocycles. The van der Waals surface area contributed by atoms with Crippen molar-refractivity contribution >= 4 is 12.0 Å². The van der Waals surface area contributed by atoms with Crippen LogP contribution in [0.15, 0.2) is 24.3 Å². The SMILES string of the molecule is CCC(C)N(C)C(=O)N(C)Cc1ccc(C(=O)O)cc1. The quantitative estimate of drug-likeness (QED) is 0.900. The Morgan fingerprint density at radius 2 is 1.75 bits per heavy atom. The summed E-state index contributed by atoms with van der Waals surface area (Å²) in [5.41, 5.74) is 1.16. The third-order valence-electron chi connectivity index (χ3n) is 3.50. The average molecular weight is 278 g/mol. The number of rotatable bonds is 5. The molecule has 0 aliphatic heterocycles. The molecule has 0 aliphatic rings. The van der Waals surface area contributed by atoms with Crippen LogP contribution in [0.4, 0.5) is 4.79 Å². The van der Waals surface area contributed by atoms with Gasteiger partial charge in [-0.2, -0.15) is 0 Å². The zero-order valence-corrected chi connectivity index (χ0v) is 12.5. The molecule has 5 heteroatoms. The summed E-state index contributed by atoms with van der Waals surface area (Å²) in [4.78, 5) is 26.3. The lowest BCUT2D eigenvalue weighted by molar-refractivity contribution is 0.0696. The predicted molar refractivity (Wildman–Crippen MR) is 77.8 cm³/mol. The van der Waals surface area contributed by atoms with Crippen molar-refractivity contribution in [3.05, 3.63) is 35.4 Å². The lowest BCUT2D eigenvalue weighted by Crippen LogP contribution is -2.42. The topological polar surface area (TPSA) is 60.9 Å². The Morgan fingerprint density at radius 1 is 1.20 bits per heavy atom. The number of hydrogen-bond donors (Lipinski definition) is 1. The van der Waals surface area contributed by atoms with E-state index in [9.17, 15) is 9.59 Å². The Bertz CT molecular complexity index is 471. The minimum atomic E-state index is -0.947. The van der Waals surface area contributed by atoms with Crippen molar-refractivity contribution in [1.82, 2.24) is 9.80 Å². The fourth-order valence-electron chi connectivity index (χ4n) is 1.83. The molecule has 0 radical (unpaired) electrons. The highest BCUT2D eigenvalue weighted by atomic mass is 16.4. The molecule has 20 heavy (non-hydrogen) atoms. The number of hydrogen-bond acceptors (Lipinski definition) is 2. The van der Waals surface area contributed by atoms with Gasteiger partial charge in [0.1, 0.15) is 0 Å². The lowest BCUT2D eigenvalue weighted by atomic mass is 10.1. The average Bonchev–Trinajstić information content (AvgIpc) is 2.45. The van der Waals surface area contributed by atoms with Crippen molar-refractivity contribution in [2.24, 2.45) is 0 Å². The number of amides is 2. The first kappa shape index (κ1) is 16.0. The molecule has 0 heterocycles. The van der Waals surface area contributed by atoms with E-state index < -0.39 is 5.97 Å². The molecular weight excluding hydrogens is 256 g/mol. The molecule has 1 unspecified atom stereocenters. The standard InChI is InChI=1S/C15H22N2O3/c1-5-11(2)17(4)15(20)16(3)10-12-6-8-13(9-7-12)14(18)19/h6-9,11H,5,10H2,1-4H3,(H,18,19). The molecule has 0 fully saturated rings. The molecule has 0 bridgehead atoms. The molecule has 1 atom stereocenters. The van der Waals surface area contributed by atoms with Gasteiger partial charge in [-0.25, -0.2) is 9.59 Å². The number of benzene rings is 1. The summed E-state index contributed by atoms with van der Waals surface area (Å²) in [6.07, 6.45) is 0.906. The van der Waals surface area contributed by atoms with Crippen LogP contribution in [0.5, 0.6) is 0 Å². The molecule has 110 valence electrons. The van der Waals surface area contributed by atoms with Crippen LogP contribution in [0, 0.1) is 0 Å². The van der Waals surface area contributed by atoms with Crippen LogP contribution in [0.2, 0.25) is 0 Å². The highest BCUT2D eigenvalue weighted by molar-refractivity contribution is 5.87. The lowest BCUT2D eigenvalue weighted by Gasteiger charge is -2.29. The Morgan fingerprint density at radius 3 is 2.20 bits per heavy atom. The van der Waals surface area contributed by atoms with Gasteiger partial charge in [0.05, 0.1) is 5.56 Å². The molecule has 0 saturated carbocycles. The zero-order chi connectivity index (χ0) is 15.3. The number of carbonyl (C=O) groups is 2. The highest BCUT2D eigenvalue weighted by Gasteiger charge is 2.18. The van der Waals surface area contributed by atoms with Crippen molar-refractivity contribution in [2.75, 3.05) is 14.1 Å². The Hall–Kier alpha value is -2.04. The van der Waals surface area contributed by atoms with Gasteiger partial charge in [-0.15, -0.1) is 0 Å². The molecular formula is C15H22N2O3. The van der Waals surface area contributed by atoms with Crippen LogP contribution in [-0.4, -0.2) is 47.0 Å². The Kier molecular flexibility index (Phi) is 5.55. The van der Waals surface area contributed by atoms with Gasteiger partial charge in [0.25, 0.3) is 0 Å². The molecule has 1 rings (SSSR count). The zero-order valence-electron chi connectivity index (χ0n) is 12.5. The van der Waals surface area contributed by atoms with Gasteiger partial charge in [0.15, 0.2) is 0 Å². The van der Waals surface area contributed by atoms with E-state index in [1.54, 1.807) is 48.2 Å². The van der Waals surface area contributed by atoms with Gasteiger partial charge in [-0.05, 0) is 31.0 Å². The third kappa shape index (κ3) is 3.98. The number of urea groups is 1. The molecule has 0 spiro atoms. The third-order valence-corrected chi connectivity index (χ3v) is 3.50. The first-order valence-electron chi connectivity index (χ1n) is 6.67. The second-order valence-electron chi connectivity index (χ2n) is 5.01. The molecule has 1 N–H and O–H groups in total. The van der Waals surface area contributed by atoms with E-state index in [0.717, 1.165) is 12.0 Å². The summed E-state index contributed by atoms with van der Waals surface area (Å²) in [5.74, 6) is -0.947. The van der Waals surface area contributed by atoms with Crippen LogP contribution in [0.3, 0.4) is 0 Å². The second kappa shape index (κ2) is 6.93. The summed E-state index contributed by atoms with van der Waals surface area (Å²) in [6, 6.07) is 6.72.